The number of rotatable bonds is 5. The zero-order valence-corrected chi connectivity index (χ0v) is 11.9. The van der Waals surface area contributed by atoms with E-state index in [0.29, 0.717) is 17.8 Å². The molecule has 1 aliphatic rings. The van der Waals surface area contributed by atoms with Gasteiger partial charge in [-0.05, 0) is 37.9 Å². The highest BCUT2D eigenvalue weighted by Gasteiger charge is 2.30. The van der Waals surface area contributed by atoms with Crippen molar-refractivity contribution < 1.29 is 4.52 Å². The van der Waals surface area contributed by atoms with Gasteiger partial charge in [0.05, 0.1) is 11.6 Å². The van der Waals surface area contributed by atoms with Gasteiger partial charge in [0.25, 0.3) is 0 Å². The Balaban J connectivity index is 1.76. The van der Waals surface area contributed by atoms with Gasteiger partial charge in [-0.25, -0.2) is 0 Å². The first-order valence-corrected chi connectivity index (χ1v) is 7.59. The van der Waals surface area contributed by atoms with E-state index in [1.54, 1.807) is 0 Å². The van der Waals surface area contributed by atoms with Gasteiger partial charge in [0.15, 0.2) is 0 Å². The summed E-state index contributed by atoms with van der Waals surface area (Å²) in [5.74, 6) is 1.79. The summed E-state index contributed by atoms with van der Waals surface area (Å²) in [7, 11) is 0. The molecule has 1 fully saturated rings. The molecular weight excluding hydrogens is 252 g/mol. The molecule has 1 saturated carbocycles. The Morgan fingerprint density at radius 2 is 2.30 bits per heavy atom. The van der Waals surface area contributed by atoms with E-state index in [-0.39, 0.29) is 0 Å². The van der Waals surface area contributed by atoms with E-state index in [9.17, 15) is 0 Å². The first kappa shape index (κ1) is 13.4. The maximum Gasteiger partial charge on any atom is 0.231 e. The minimum absolute atomic E-state index is 0.353. The van der Waals surface area contributed by atoms with Crippen LogP contribution in [0.1, 0.15) is 50.8 Å². The van der Waals surface area contributed by atoms with Crippen molar-refractivity contribution in [2.75, 3.05) is 6.54 Å². The molecule has 2 N–H and O–H groups in total. The van der Waals surface area contributed by atoms with Crippen molar-refractivity contribution in [3.8, 4) is 11.5 Å². The number of hydrogen-bond acceptors (Lipinski definition) is 4. The Bertz CT molecular complexity index is 520. The molecule has 20 heavy (non-hydrogen) atoms. The lowest BCUT2D eigenvalue weighted by atomic mass is 9.84. The summed E-state index contributed by atoms with van der Waals surface area (Å²) in [6, 6.07) is 4.38. The zero-order valence-electron chi connectivity index (χ0n) is 11.9. The van der Waals surface area contributed by atoms with Crippen LogP contribution in [0.3, 0.4) is 0 Å². The average molecular weight is 274 g/mol. The molecule has 0 bridgehead atoms. The van der Waals surface area contributed by atoms with Crippen molar-refractivity contribution >= 4 is 0 Å². The predicted octanol–water partition coefficient (Wildman–Crippen LogP) is 3.09. The van der Waals surface area contributed by atoms with Gasteiger partial charge >= 0.3 is 0 Å². The minimum atomic E-state index is 0.353. The summed E-state index contributed by atoms with van der Waals surface area (Å²) in [5, 5.41) is 7.73. The Morgan fingerprint density at radius 1 is 1.40 bits per heavy atom. The molecule has 3 rings (SSSR count). The summed E-state index contributed by atoms with van der Waals surface area (Å²) < 4.78 is 5.52. The SMILES string of the molecule is CCCNC1CCCCC1c1nc(-c2ccc[nH]2)no1. The van der Waals surface area contributed by atoms with Crippen LogP contribution in [0.15, 0.2) is 22.9 Å². The van der Waals surface area contributed by atoms with E-state index in [4.69, 9.17) is 4.52 Å². The Labute approximate surface area is 119 Å². The lowest BCUT2D eigenvalue weighted by Crippen LogP contribution is -2.37. The van der Waals surface area contributed by atoms with Crippen molar-refractivity contribution in [2.24, 2.45) is 0 Å². The number of hydrogen-bond donors (Lipinski definition) is 2. The highest BCUT2D eigenvalue weighted by atomic mass is 16.5. The second kappa shape index (κ2) is 6.22. The monoisotopic (exact) mass is 274 g/mol. The van der Waals surface area contributed by atoms with Gasteiger partial charge in [-0.2, -0.15) is 4.98 Å². The van der Waals surface area contributed by atoms with Gasteiger partial charge in [-0.1, -0.05) is 24.9 Å². The molecule has 0 spiro atoms. The molecule has 2 aromatic heterocycles. The summed E-state index contributed by atoms with van der Waals surface area (Å²) in [4.78, 5) is 7.70. The Hall–Kier alpha value is -1.62. The van der Waals surface area contributed by atoms with E-state index in [1.165, 1.54) is 19.3 Å². The molecule has 5 heteroatoms. The van der Waals surface area contributed by atoms with Crippen LogP contribution >= 0.6 is 0 Å². The first-order valence-electron chi connectivity index (χ1n) is 7.59. The topological polar surface area (TPSA) is 66.7 Å². The fraction of sp³-hybridized carbons (Fsp3) is 0.600. The highest BCUT2D eigenvalue weighted by Crippen LogP contribution is 2.33. The maximum absolute atomic E-state index is 5.52. The minimum Gasteiger partial charge on any atom is -0.359 e. The van der Waals surface area contributed by atoms with Crippen LogP contribution in [-0.4, -0.2) is 27.7 Å². The van der Waals surface area contributed by atoms with Gasteiger partial charge in [0, 0.05) is 12.2 Å². The van der Waals surface area contributed by atoms with Crippen LogP contribution in [0.4, 0.5) is 0 Å². The van der Waals surface area contributed by atoms with Gasteiger partial charge in [0.1, 0.15) is 0 Å². The molecule has 5 nitrogen and oxygen atoms in total. The summed E-state index contributed by atoms with van der Waals surface area (Å²) in [5.41, 5.74) is 0.911. The van der Waals surface area contributed by atoms with Crippen LogP contribution in [0.2, 0.25) is 0 Å². The lowest BCUT2D eigenvalue weighted by molar-refractivity contribution is 0.263. The van der Waals surface area contributed by atoms with E-state index in [1.807, 2.05) is 18.3 Å². The van der Waals surface area contributed by atoms with Crippen LogP contribution in [-0.2, 0) is 0 Å². The quantitative estimate of drug-likeness (QED) is 0.879. The molecule has 2 unspecified atom stereocenters. The second-order valence-electron chi connectivity index (χ2n) is 5.49. The molecule has 0 aromatic carbocycles. The molecule has 2 heterocycles. The van der Waals surface area contributed by atoms with E-state index < -0.39 is 0 Å². The van der Waals surface area contributed by atoms with E-state index >= 15 is 0 Å². The zero-order chi connectivity index (χ0) is 13.8. The second-order valence-corrected chi connectivity index (χ2v) is 5.49. The van der Waals surface area contributed by atoms with Crippen LogP contribution in [0.5, 0.6) is 0 Å². The maximum atomic E-state index is 5.52. The Morgan fingerprint density at radius 3 is 3.10 bits per heavy atom. The summed E-state index contributed by atoms with van der Waals surface area (Å²) in [6.45, 7) is 3.25. The number of H-pyrrole nitrogens is 1. The predicted molar refractivity (Wildman–Crippen MR) is 77.4 cm³/mol. The Kier molecular flexibility index (Phi) is 4.16. The van der Waals surface area contributed by atoms with Gasteiger partial charge < -0.3 is 14.8 Å². The molecule has 0 radical (unpaired) electrons. The number of aromatic amines is 1. The van der Waals surface area contributed by atoms with Gasteiger partial charge in [-0.15, -0.1) is 0 Å². The van der Waals surface area contributed by atoms with Gasteiger partial charge in [-0.3, -0.25) is 0 Å². The van der Waals surface area contributed by atoms with Crippen molar-refractivity contribution in [2.45, 2.75) is 51.0 Å². The lowest BCUT2D eigenvalue weighted by Gasteiger charge is -2.29. The van der Waals surface area contributed by atoms with Crippen molar-refractivity contribution in [1.82, 2.24) is 20.4 Å². The van der Waals surface area contributed by atoms with E-state index in [2.05, 4.69) is 27.4 Å². The van der Waals surface area contributed by atoms with Crippen molar-refractivity contribution in [3.05, 3.63) is 24.2 Å². The fourth-order valence-electron chi connectivity index (χ4n) is 2.97. The first-order chi connectivity index (χ1) is 9.88. The molecule has 2 aromatic rings. The third kappa shape index (κ3) is 2.77. The molecule has 1 aliphatic carbocycles. The van der Waals surface area contributed by atoms with Crippen LogP contribution in [0, 0.1) is 0 Å². The fourth-order valence-corrected chi connectivity index (χ4v) is 2.97. The van der Waals surface area contributed by atoms with Gasteiger partial charge in [0.2, 0.25) is 11.7 Å². The molecule has 2 atom stereocenters. The summed E-state index contributed by atoms with van der Waals surface area (Å²) in [6.07, 6.45) is 7.89. The van der Waals surface area contributed by atoms with Crippen LogP contribution < -0.4 is 5.32 Å². The average Bonchev–Trinajstić information content (AvgIpc) is 3.15. The number of nitrogens with zero attached hydrogens (tertiary/aromatic N) is 2. The normalized spacial score (nSPS) is 23.1. The molecule has 0 saturated heterocycles. The van der Waals surface area contributed by atoms with Crippen molar-refractivity contribution in [3.63, 3.8) is 0 Å². The number of nitrogens with one attached hydrogen (secondary N) is 2. The van der Waals surface area contributed by atoms with Crippen molar-refractivity contribution in [1.29, 1.82) is 0 Å². The standard InChI is InChI=1S/C15H22N4O/c1-2-9-16-12-7-4-3-6-11(12)15-18-14(19-20-15)13-8-5-10-17-13/h5,8,10-12,16-17H,2-4,6-7,9H2,1H3. The molecule has 108 valence electrons. The highest BCUT2D eigenvalue weighted by molar-refractivity contribution is 5.47. The smallest absolute Gasteiger partial charge is 0.231 e. The molecule has 0 amide bonds. The van der Waals surface area contributed by atoms with E-state index in [0.717, 1.165) is 31.0 Å². The molecular formula is C15H22N4O. The molecule has 0 aliphatic heterocycles. The third-order valence-electron chi connectivity index (χ3n) is 4.02. The van der Waals surface area contributed by atoms with Crippen LogP contribution in [0.25, 0.3) is 11.5 Å². The summed E-state index contributed by atoms with van der Waals surface area (Å²) >= 11 is 0. The largest absolute Gasteiger partial charge is 0.359 e. The third-order valence-corrected chi connectivity index (χ3v) is 4.02. The number of aromatic nitrogens is 3.